The van der Waals surface area contributed by atoms with Crippen molar-refractivity contribution in [3.05, 3.63) is 59.9 Å². The lowest BCUT2D eigenvalue weighted by atomic mass is 9.98. The number of methoxy groups -OCH3 is 1. The lowest BCUT2D eigenvalue weighted by Gasteiger charge is -2.15. The van der Waals surface area contributed by atoms with Crippen LogP contribution in [0.2, 0.25) is 0 Å². The molecule has 1 atom stereocenters. The van der Waals surface area contributed by atoms with E-state index in [1.807, 2.05) is 0 Å². The maximum Gasteiger partial charge on any atom is 0.586 e. The summed E-state index contributed by atoms with van der Waals surface area (Å²) in [6.07, 6.45) is -2.98. The predicted molar refractivity (Wildman–Crippen MR) is 91.9 cm³/mol. The molecule has 2 aromatic carbocycles. The van der Waals surface area contributed by atoms with Crippen molar-refractivity contribution >= 4 is 0 Å². The van der Waals surface area contributed by atoms with Crippen molar-refractivity contribution in [1.82, 2.24) is 9.78 Å². The third kappa shape index (κ3) is 3.08. The van der Waals surface area contributed by atoms with Crippen molar-refractivity contribution in [3.63, 3.8) is 0 Å². The number of aromatic nitrogens is 2. The van der Waals surface area contributed by atoms with Crippen LogP contribution in [-0.4, -0.2) is 28.3 Å². The molecule has 1 aliphatic rings. The van der Waals surface area contributed by atoms with Crippen LogP contribution in [0.15, 0.2) is 48.7 Å². The van der Waals surface area contributed by atoms with Gasteiger partial charge in [-0.15, -0.1) is 8.78 Å². The van der Waals surface area contributed by atoms with Gasteiger partial charge in [-0.3, -0.25) is 4.68 Å². The molecule has 140 valence electrons. The van der Waals surface area contributed by atoms with Gasteiger partial charge in [0.2, 0.25) is 0 Å². The van der Waals surface area contributed by atoms with Crippen molar-refractivity contribution in [2.75, 3.05) is 7.11 Å². The summed E-state index contributed by atoms with van der Waals surface area (Å²) in [5, 5.41) is 14.7. The molecule has 1 aliphatic heterocycles. The van der Waals surface area contributed by atoms with Crippen molar-refractivity contribution in [1.29, 1.82) is 0 Å². The molecule has 0 radical (unpaired) electrons. The van der Waals surface area contributed by atoms with E-state index in [0.29, 0.717) is 28.1 Å². The van der Waals surface area contributed by atoms with Gasteiger partial charge < -0.3 is 19.3 Å². The maximum atomic E-state index is 13.3. The van der Waals surface area contributed by atoms with Gasteiger partial charge in [-0.25, -0.2) is 0 Å². The summed E-state index contributed by atoms with van der Waals surface area (Å²) in [6, 6.07) is 11.4. The van der Waals surface area contributed by atoms with Crippen LogP contribution in [0.5, 0.6) is 17.2 Å². The van der Waals surface area contributed by atoms with Gasteiger partial charge in [-0.2, -0.15) is 5.10 Å². The molecular weight excluding hydrogens is 358 g/mol. The first-order chi connectivity index (χ1) is 12.9. The second kappa shape index (κ2) is 6.24. The molecule has 0 aliphatic carbocycles. The highest BCUT2D eigenvalue weighted by atomic mass is 19.3. The quantitative estimate of drug-likeness (QED) is 0.757. The summed E-state index contributed by atoms with van der Waals surface area (Å²) in [5.41, 5.74) is 2.44. The Morgan fingerprint density at radius 2 is 1.89 bits per heavy atom. The molecule has 1 unspecified atom stereocenters. The number of hydrogen-bond donors (Lipinski definition) is 1. The number of rotatable bonds is 4. The van der Waals surface area contributed by atoms with Gasteiger partial charge >= 0.3 is 6.29 Å². The number of benzene rings is 2. The number of fused-ring (bicyclic) bond motifs is 1. The molecular formula is C19H16F2N2O4. The number of hydrogen-bond acceptors (Lipinski definition) is 5. The van der Waals surface area contributed by atoms with E-state index in [2.05, 4.69) is 14.6 Å². The Kier molecular flexibility index (Phi) is 4.00. The average Bonchev–Trinajstić information content (AvgIpc) is 3.20. The Labute approximate surface area is 153 Å². The molecule has 0 spiro atoms. The zero-order valence-electron chi connectivity index (χ0n) is 14.5. The van der Waals surface area contributed by atoms with Gasteiger partial charge in [-0.1, -0.05) is 12.1 Å². The van der Waals surface area contributed by atoms with E-state index < -0.39 is 12.4 Å². The van der Waals surface area contributed by atoms with E-state index in [1.54, 1.807) is 48.3 Å². The first-order valence-electron chi connectivity index (χ1n) is 8.12. The number of aliphatic hydroxyl groups is 1. The normalized spacial score (nSPS) is 15.6. The van der Waals surface area contributed by atoms with E-state index >= 15 is 0 Å². The minimum Gasteiger partial charge on any atom is -0.496 e. The van der Waals surface area contributed by atoms with Crippen LogP contribution in [0.3, 0.4) is 0 Å². The van der Waals surface area contributed by atoms with Crippen molar-refractivity contribution in [2.45, 2.75) is 12.4 Å². The van der Waals surface area contributed by atoms with Crippen LogP contribution in [0.4, 0.5) is 8.78 Å². The Balaban J connectivity index is 1.76. The van der Waals surface area contributed by atoms with E-state index in [1.165, 1.54) is 19.2 Å². The summed E-state index contributed by atoms with van der Waals surface area (Å²) in [7, 11) is 3.25. The number of halogens is 2. The highest BCUT2D eigenvalue weighted by Gasteiger charge is 2.43. The molecule has 0 fully saturated rings. The average molecular weight is 374 g/mol. The summed E-state index contributed by atoms with van der Waals surface area (Å²) >= 11 is 0. The van der Waals surface area contributed by atoms with Crippen molar-refractivity contribution < 1.29 is 28.1 Å². The van der Waals surface area contributed by atoms with Crippen LogP contribution >= 0.6 is 0 Å². The zero-order chi connectivity index (χ0) is 19.2. The molecule has 0 saturated heterocycles. The highest BCUT2D eigenvalue weighted by molar-refractivity contribution is 5.74. The molecule has 1 N–H and O–H groups in total. The van der Waals surface area contributed by atoms with Gasteiger partial charge in [0.05, 0.1) is 12.8 Å². The monoisotopic (exact) mass is 374 g/mol. The number of aliphatic hydroxyl groups excluding tert-OH is 1. The first-order valence-corrected chi connectivity index (χ1v) is 8.12. The smallest absolute Gasteiger partial charge is 0.496 e. The number of nitrogens with zero attached hydrogens (tertiary/aromatic N) is 2. The molecule has 0 amide bonds. The third-order valence-electron chi connectivity index (χ3n) is 4.39. The van der Waals surface area contributed by atoms with Gasteiger partial charge in [0.25, 0.3) is 0 Å². The summed E-state index contributed by atoms with van der Waals surface area (Å²) in [5.74, 6) is 0.438. The largest absolute Gasteiger partial charge is 0.586 e. The maximum absolute atomic E-state index is 13.3. The zero-order valence-corrected chi connectivity index (χ0v) is 14.5. The van der Waals surface area contributed by atoms with Crippen LogP contribution in [0.1, 0.15) is 17.4 Å². The molecule has 0 saturated carbocycles. The topological polar surface area (TPSA) is 65.7 Å². The minimum absolute atomic E-state index is 0.0335. The van der Waals surface area contributed by atoms with Crippen LogP contribution in [0.25, 0.3) is 11.1 Å². The Bertz CT molecular complexity index is 1000. The van der Waals surface area contributed by atoms with Gasteiger partial charge in [0.15, 0.2) is 11.5 Å². The number of alkyl halides is 2. The Morgan fingerprint density at radius 1 is 1.11 bits per heavy atom. The summed E-state index contributed by atoms with van der Waals surface area (Å²) in [6.45, 7) is 0. The fraction of sp³-hybridized carbons (Fsp3) is 0.211. The van der Waals surface area contributed by atoms with Crippen molar-refractivity contribution in [3.8, 4) is 28.4 Å². The standard InChI is InChI=1S/C19H16F2N2O4/c1-23-14(7-8-22-23)18(24)12-4-5-15(25-2)13(9-12)11-3-6-16-17(10-11)27-19(20,21)26-16/h3-10,18,24H,1-2H3. The molecule has 0 bridgehead atoms. The summed E-state index contributed by atoms with van der Waals surface area (Å²) < 4.78 is 42.5. The third-order valence-corrected chi connectivity index (χ3v) is 4.39. The first kappa shape index (κ1) is 17.3. The van der Waals surface area contributed by atoms with E-state index in [4.69, 9.17) is 4.74 Å². The molecule has 6 nitrogen and oxygen atoms in total. The molecule has 2 heterocycles. The van der Waals surface area contributed by atoms with E-state index in [0.717, 1.165) is 0 Å². The van der Waals surface area contributed by atoms with Crippen LogP contribution in [0, 0.1) is 0 Å². The second-order valence-corrected chi connectivity index (χ2v) is 6.07. The fourth-order valence-corrected chi connectivity index (χ4v) is 3.06. The number of ether oxygens (including phenoxy) is 3. The Morgan fingerprint density at radius 3 is 2.59 bits per heavy atom. The molecule has 3 aromatic rings. The van der Waals surface area contributed by atoms with E-state index in [-0.39, 0.29) is 11.5 Å². The SMILES string of the molecule is COc1ccc(C(O)c2ccnn2C)cc1-c1ccc2c(c1)OC(F)(F)O2. The van der Waals surface area contributed by atoms with Crippen molar-refractivity contribution in [2.24, 2.45) is 7.05 Å². The fourth-order valence-electron chi connectivity index (χ4n) is 3.06. The van der Waals surface area contributed by atoms with Gasteiger partial charge in [0, 0.05) is 18.8 Å². The highest BCUT2D eigenvalue weighted by Crippen LogP contribution is 2.44. The molecule has 1 aromatic heterocycles. The van der Waals surface area contributed by atoms with Crippen LogP contribution < -0.4 is 14.2 Å². The van der Waals surface area contributed by atoms with Gasteiger partial charge in [-0.05, 0) is 41.5 Å². The van der Waals surface area contributed by atoms with E-state index in [9.17, 15) is 13.9 Å². The predicted octanol–water partition coefficient (Wildman–Crippen LogP) is 3.50. The molecule has 8 heteroatoms. The molecule has 27 heavy (non-hydrogen) atoms. The minimum atomic E-state index is -3.68. The van der Waals surface area contributed by atoms with Gasteiger partial charge in [0.1, 0.15) is 11.9 Å². The second-order valence-electron chi connectivity index (χ2n) is 6.07. The number of aryl methyl sites for hydroxylation is 1. The lowest BCUT2D eigenvalue weighted by molar-refractivity contribution is -0.286. The lowest BCUT2D eigenvalue weighted by Crippen LogP contribution is -2.25. The molecule has 4 rings (SSSR count). The summed E-state index contributed by atoms with van der Waals surface area (Å²) in [4.78, 5) is 0. The van der Waals surface area contributed by atoms with Crippen LogP contribution in [-0.2, 0) is 7.05 Å². The Hall–Kier alpha value is -3.13.